The van der Waals surface area contributed by atoms with E-state index in [1.54, 1.807) is 11.8 Å². The van der Waals surface area contributed by atoms with Gasteiger partial charge in [0.25, 0.3) is 0 Å². The molecule has 0 aliphatic rings. The standard InChI is InChI=1S/C12H16OS/c1-12(2,13)9-6-10-14-11-7-4-3-5-8-11/h3-8,10,13H,9H2,1-2H3/b10-6+. The summed E-state index contributed by atoms with van der Waals surface area (Å²) >= 11 is 1.67. The number of hydrogen-bond acceptors (Lipinski definition) is 2. The Morgan fingerprint density at radius 1 is 1.29 bits per heavy atom. The normalized spacial score (nSPS) is 12.2. The van der Waals surface area contributed by atoms with Crippen LogP contribution in [0.25, 0.3) is 0 Å². The van der Waals surface area contributed by atoms with Crippen molar-refractivity contribution in [2.75, 3.05) is 0 Å². The highest BCUT2D eigenvalue weighted by Crippen LogP contribution is 2.19. The van der Waals surface area contributed by atoms with E-state index in [4.69, 9.17) is 0 Å². The van der Waals surface area contributed by atoms with E-state index in [9.17, 15) is 5.11 Å². The van der Waals surface area contributed by atoms with Gasteiger partial charge >= 0.3 is 0 Å². The molecule has 0 aromatic heterocycles. The first-order chi connectivity index (χ1) is 6.58. The fourth-order valence-electron chi connectivity index (χ4n) is 0.962. The van der Waals surface area contributed by atoms with E-state index in [0.29, 0.717) is 6.42 Å². The summed E-state index contributed by atoms with van der Waals surface area (Å²) in [5, 5.41) is 11.5. The molecule has 0 bridgehead atoms. The lowest BCUT2D eigenvalue weighted by molar-refractivity contribution is 0.0839. The molecule has 1 aromatic rings. The van der Waals surface area contributed by atoms with Crippen LogP contribution in [0.3, 0.4) is 0 Å². The van der Waals surface area contributed by atoms with E-state index in [2.05, 4.69) is 12.1 Å². The van der Waals surface area contributed by atoms with Gasteiger partial charge in [-0.15, -0.1) is 0 Å². The number of hydrogen-bond donors (Lipinski definition) is 1. The molecule has 0 spiro atoms. The lowest BCUT2D eigenvalue weighted by atomic mass is 10.1. The minimum atomic E-state index is -0.603. The summed E-state index contributed by atoms with van der Waals surface area (Å²) in [5.41, 5.74) is -0.603. The van der Waals surface area contributed by atoms with Crippen molar-refractivity contribution in [1.29, 1.82) is 0 Å². The third kappa shape index (κ3) is 5.10. The van der Waals surface area contributed by atoms with Crippen molar-refractivity contribution in [3.05, 3.63) is 41.8 Å². The van der Waals surface area contributed by atoms with Crippen LogP contribution >= 0.6 is 11.8 Å². The number of benzene rings is 1. The maximum absolute atomic E-state index is 9.45. The van der Waals surface area contributed by atoms with Gasteiger partial charge in [-0.2, -0.15) is 0 Å². The summed E-state index contributed by atoms with van der Waals surface area (Å²) in [6, 6.07) is 10.2. The van der Waals surface area contributed by atoms with E-state index in [-0.39, 0.29) is 0 Å². The predicted molar refractivity (Wildman–Crippen MR) is 62.4 cm³/mol. The predicted octanol–water partition coefficient (Wildman–Crippen LogP) is 3.45. The average molecular weight is 208 g/mol. The Kier molecular flexibility index (Phi) is 4.23. The van der Waals surface area contributed by atoms with Crippen molar-refractivity contribution >= 4 is 11.8 Å². The molecule has 1 nitrogen and oxygen atoms in total. The van der Waals surface area contributed by atoms with E-state index < -0.39 is 5.60 Å². The van der Waals surface area contributed by atoms with Crippen molar-refractivity contribution in [2.24, 2.45) is 0 Å². The van der Waals surface area contributed by atoms with Gasteiger partial charge < -0.3 is 5.11 Å². The largest absolute Gasteiger partial charge is 0.390 e. The van der Waals surface area contributed by atoms with Crippen molar-refractivity contribution < 1.29 is 5.11 Å². The molecule has 0 saturated heterocycles. The minimum Gasteiger partial charge on any atom is -0.390 e. The average Bonchev–Trinajstić information content (AvgIpc) is 2.13. The molecule has 1 rings (SSSR count). The Hall–Kier alpha value is -0.730. The molecule has 0 atom stereocenters. The number of aliphatic hydroxyl groups is 1. The topological polar surface area (TPSA) is 20.2 Å². The van der Waals surface area contributed by atoms with Gasteiger partial charge in [-0.05, 0) is 37.8 Å². The van der Waals surface area contributed by atoms with Gasteiger partial charge in [-0.25, -0.2) is 0 Å². The molecule has 0 aliphatic carbocycles. The van der Waals surface area contributed by atoms with Gasteiger partial charge in [0.15, 0.2) is 0 Å². The summed E-state index contributed by atoms with van der Waals surface area (Å²) in [5.74, 6) is 0. The number of thioether (sulfide) groups is 1. The van der Waals surface area contributed by atoms with E-state index in [1.165, 1.54) is 4.90 Å². The van der Waals surface area contributed by atoms with Crippen molar-refractivity contribution in [2.45, 2.75) is 30.8 Å². The second-order valence-electron chi connectivity index (χ2n) is 3.82. The van der Waals surface area contributed by atoms with Gasteiger partial charge in [0, 0.05) is 4.90 Å². The summed E-state index contributed by atoms with van der Waals surface area (Å²) in [6.07, 6.45) is 2.69. The summed E-state index contributed by atoms with van der Waals surface area (Å²) in [4.78, 5) is 1.22. The van der Waals surface area contributed by atoms with Gasteiger partial charge in [-0.3, -0.25) is 0 Å². The molecule has 0 heterocycles. The zero-order valence-corrected chi connectivity index (χ0v) is 9.42. The van der Waals surface area contributed by atoms with E-state index >= 15 is 0 Å². The highest BCUT2D eigenvalue weighted by molar-refractivity contribution is 8.02. The third-order valence-electron chi connectivity index (χ3n) is 1.66. The van der Waals surface area contributed by atoms with Crippen LogP contribution in [0.4, 0.5) is 0 Å². The quantitative estimate of drug-likeness (QED) is 0.765. The molecule has 1 N–H and O–H groups in total. The lowest BCUT2D eigenvalue weighted by Gasteiger charge is -2.13. The molecule has 76 valence electrons. The van der Waals surface area contributed by atoms with Crippen LogP contribution in [-0.2, 0) is 0 Å². The minimum absolute atomic E-state index is 0.603. The SMILES string of the molecule is CC(C)(O)C/C=C/Sc1ccccc1. The fraction of sp³-hybridized carbons (Fsp3) is 0.333. The van der Waals surface area contributed by atoms with Crippen molar-refractivity contribution in [3.8, 4) is 0 Å². The molecule has 0 unspecified atom stereocenters. The molecule has 0 aliphatic heterocycles. The summed E-state index contributed by atoms with van der Waals surface area (Å²) in [6.45, 7) is 3.62. The Morgan fingerprint density at radius 2 is 1.93 bits per heavy atom. The maximum Gasteiger partial charge on any atom is 0.0626 e. The van der Waals surface area contributed by atoms with Gasteiger partial charge in [0.2, 0.25) is 0 Å². The molecule has 2 heteroatoms. The summed E-state index contributed by atoms with van der Waals surface area (Å²) < 4.78 is 0. The molecule has 0 radical (unpaired) electrons. The van der Waals surface area contributed by atoms with Gasteiger partial charge in [0.05, 0.1) is 5.60 Å². The van der Waals surface area contributed by atoms with Gasteiger partial charge in [-0.1, -0.05) is 36.0 Å². The smallest absolute Gasteiger partial charge is 0.0626 e. The maximum atomic E-state index is 9.45. The van der Waals surface area contributed by atoms with Crippen LogP contribution in [0.5, 0.6) is 0 Å². The monoisotopic (exact) mass is 208 g/mol. The molecule has 14 heavy (non-hydrogen) atoms. The van der Waals surface area contributed by atoms with Crippen molar-refractivity contribution in [1.82, 2.24) is 0 Å². The first-order valence-corrected chi connectivity index (χ1v) is 5.55. The number of rotatable bonds is 4. The molecular formula is C12H16OS. The molecule has 0 saturated carbocycles. The molecular weight excluding hydrogens is 192 g/mol. The van der Waals surface area contributed by atoms with Crippen LogP contribution in [0.2, 0.25) is 0 Å². The first kappa shape index (κ1) is 11.3. The van der Waals surface area contributed by atoms with Crippen LogP contribution in [-0.4, -0.2) is 10.7 Å². The third-order valence-corrected chi connectivity index (χ3v) is 2.53. The second kappa shape index (κ2) is 5.23. The van der Waals surface area contributed by atoms with E-state index in [1.807, 2.05) is 43.5 Å². The van der Waals surface area contributed by atoms with Crippen LogP contribution in [0, 0.1) is 0 Å². The molecule has 0 fully saturated rings. The zero-order valence-electron chi connectivity index (χ0n) is 8.60. The highest BCUT2D eigenvalue weighted by atomic mass is 32.2. The first-order valence-electron chi connectivity index (χ1n) is 4.67. The van der Waals surface area contributed by atoms with Crippen LogP contribution in [0.15, 0.2) is 46.7 Å². The zero-order chi connectivity index (χ0) is 10.4. The Bertz CT molecular complexity index is 285. The van der Waals surface area contributed by atoms with Gasteiger partial charge in [0.1, 0.15) is 0 Å². The molecule has 0 amide bonds. The van der Waals surface area contributed by atoms with Crippen LogP contribution in [0.1, 0.15) is 20.3 Å². The lowest BCUT2D eigenvalue weighted by Crippen LogP contribution is -2.16. The van der Waals surface area contributed by atoms with Crippen molar-refractivity contribution in [3.63, 3.8) is 0 Å². The Labute approximate surface area is 89.8 Å². The second-order valence-corrected chi connectivity index (χ2v) is 4.80. The van der Waals surface area contributed by atoms with E-state index in [0.717, 1.165) is 0 Å². The highest BCUT2D eigenvalue weighted by Gasteiger charge is 2.08. The Morgan fingerprint density at radius 3 is 2.50 bits per heavy atom. The summed E-state index contributed by atoms with van der Waals surface area (Å²) in [7, 11) is 0. The Balaban J connectivity index is 2.35. The van der Waals surface area contributed by atoms with Crippen LogP contribution < -0.4 is 0 Å². The molecule has 1 aromatic carbocycles. The fourth-order valence-corrected chi connectivity index (χ4v) is 1.63.